The van der Waals surface area contributed by atoms with Gasteiger partial charge in [0, 0.05) is 11.1 Å². The highest BCUT2D eigenvalue weighted by Gasteiger charge is 2.32. The summed E-state index contributed by atoms with van der Waals surface area (Å²) in [4.78, 5) is 36.6. The lowest BCUT2D eigenvalue weighted by molar-refractivity contribution is 0.0969. The van der Waals surface area contributed by atoms with E-state index in [1.807, 2.05) is 30.3 Å². The molecule has 0 fully saturated rings. The number of rotatable bonds is 5. The number of Topliss-reactive ketones (excluding diaryl/α,β-unsaturated/α-hetero) is 2. The normalized spacial score (nSPS) is 13.4. The number of ketones is 2. The van der Waals surface area contributed by atoms with Gasteiger partial charge in [-0.15, -0.1) is 0 Å². The Balaban J connectivity index is 1.58. The monoisotopic (exact) mass is 369 g/mol. The van der Waals surface area contributed by atoms with E-state index in [-0.39, 0.29) is 28.5 Å². The van der Waals surface area contributed by atoms with Crippen LogP contribution in [0.2, 0.25) is 0 Å². The molecule has 0 bridgehead atoms. The van der Waals surface area contributed by atoms with Gasteiger partial charge in [-0.3, -0.25) is 14.9 Å². The van der Waals surface area contributed by atoms with Crippen molar-refractivity contribution in [2.75, 3.05) is 6.61 Å². The summed E-state index contributed by atoms with van der Waals surface area (Å²) in [6.45, 7) is 0.185. The summed E-state index contributed by atoms with van der Waals surface area (Å²) < 4.78 is 5.08. The molecule has 5 nitrogen and oxygen atoms in total. The predicted octanol–water partition coefficient (Wildman–Crippen LogP) is 3.88. The average molecular weight is 370 g/mol. The fourth-order valence-corrected chi connectivity index (χ4v) is 2.92. The van der Waals surface area contributed by atoms with E-state index in [0.29, 0.717) is 6.42 Å². The molecule has 1 amide bonds. The number of fused-ring (bicyclic) bond motifs is 1. The molecule has 0 atom stereocenters. The first-order valence-electron chi connectivity index (χ1n) is 8.14. The van der Waals surface area contributed by atoms with Gasteiger partial charge in [0.15, 0.2) is 0 Å². The predicted molar refractivity (Wildman–Crippen MR) is 97.2 cm³/mol. The van der Waals surface area contributed by atoms with Crippen LogP contribution in [0.15, 0.2) is 65.3 Å². The fraction of sp³-hybridized carbons (Fsp3) is 0.150. The second kappa shape index (κ2) is 7.97. The third-order valence-corrected chi connectivity index (χ3v) is 4.34. The number of ether oxygens (including phenoxy) is 1. The van der Waals surface area contributed by atoms with E-state index in [4.69, 9.17) is 16.3 Å². The Kier molecular flexibility index (Phi) is 5.49. The molecule has 0 unspecified atom stereocenters. The maximum Gasteiger partial charge on any atom is 0.411 e. The topological polar surface area (TPSA) is 72.5 Å². The van der Waals surface area contributed by atoms with Gasteiger partial charge in [0.1, 0.15) is 10.7 Å². The van der Waals surface area contributed by atoms with Gasteiger partial charge in [-0.25, -0.2) is 4.79 Å². The highest BCUT2D eigenvalue weighted by Crippen LogP contribution is 2.27. The summed E-state index contributed by atoms with van der Waals surface area (Å²) in [5.41, 5.74) is 1.33. The molecule has 1 N–H and O–H groups in total. The number of aryl methyl sites for hydroxylation is 1. The number of halogens is 1. The molecule has 26 heavy (non-hydrogen) atoms. The maximum atomic E-state index is 12.5. The molecule has 0 aromatic heterocycles. The Labute approximate surface area is 155 Å². The molecule has 132 valence electrons. The molecule has 0 aliphatic heterocycles. The van der Waals surface area contributed by atoms with E-state index in [1.54, 1.807) is 12.1 Å². The molecule has 2 aromatic rings. The third-order valence-electron chi connectivity index (χ3n) is 3.98. The second-order valence-corrected chi connectivity index (χ2v) is 6.12. The van der Waals surface area contributed by atoms with E-state index in [0.717, 1.165) is 12.0 Å². The summed E-state index contributed by atoms with van der Waals surface area (Å²) in [5, 5.41) is 1.99. The van der Waals surface area contributed by atoms with Gasteiger partial charge in [-0.1, -0.05) is 66.2 Å². The van der Waals surface area contributed by atoms with Crippen LogP contribution in [-0.2, 0) is 11.2 Å². The van der Waals surface area contributed by atoms with Crippen LogP contribution < -0.4 is 5.32 Å². The van der Waals surface area contributed by atoms with E-state index in [9.17, 15) is 14.4 Å². The molecular formula is C20H16ClNO4. The number of carbonyl (C=O) groups is 3. The van der Waals surface area contributed by atoms with Crippen molar-refractivity contribution in [2.24, 2.45) is 0 Å². The number of hydrogen-bond acceptors (Lipinski definition) is 4. The van der Waals surface area contributed by atoms with Crippen molar-refractivity contribution < 1.29 is 19.1 Å². The number of carbonyl (C=O) groups excluding carboxylic acids is 3. The van der Waals surface area contributed by atoms with Crippen LogP contribution >= 0.6 is 11.6 Å². The highest BCUT2D eigenvalue weighted by atomic mass is 35.5. The van der Waals surface area contributed by atoms with E-state index >= 15 is 0 Å². The van der Waals surface area contributed by atoms with Crippen LogP contribution in [0.25, 0.3) is 0 Å². The van der Waals surface area contributed by atoms with Crippen LogP contribution in [0.3, 0.4) is 0 Å². The van der Waals surface area contributed by atoms with Gasteiger partial charge in [0.2, 0.25) is 11.6 Å². The van der Waals surface area contributed by atoms with Crippen LogP contribution in [0.5, 0.6) is 0 Å². The Morgan fingerprint density at radius 2 is 1.54 bits per heavy atom. The average Bonchev–Trinajstić information content (AvgIpc) is 2.67. The van der Waals surface area contributed by atoms with Gasteiger partial charge in [-0.05, 0) is 18.4 Å². The summed E-state index contributed by atoms with van der Waals surface area (Å²) in [6, 6.07) is 16.1. The fourth-order valence-electron chi connectivity index (χ4n) is 2.68. The first-order chi connectivity index (χ1) is 12.6. The zero-order chi connectivity index (χ0) is 18.5. The largest absolute Gasteiger partial charge is 0.449 e. The number of allylic oxidation sites excluding steroid dienone is 2. The smallest absolute Gasteiger partial charge is 0.411 e. The lowest BCUT2D eigenvalue weighted by Crippen LogP contribution is -2.33. The summed E-state index contributed by atoms with van der Waals surface area (Å²) >= 11 is 5.98. The molecule has 1 aliphatic carbocycles. The molecule has 1 aliphatic rings. The minimum atomic E-state index is -0.813. The lowest BCUT2D eigenvalue weighted by Gasteiger charge is -2.18. The van der Waals surface area contributed by atoms with Crippen molar-refractivity contribution in [1.29, 1.82) is 0 Å². The molecule has 0 heterocycles. The minimum absolute atomic E-state index is 0.185. The van der Waals surface area contributed by atoms with Crippen LogP contribution in [0.1, 0.15) is 32.7 Å². The van der Waals surface area contributed by atoms with Crippen molar-refractivity contribution in [3.05, 3.63) is 82.0 Å². The molecule has 2 aromatic carbocycles. The van der Waals surface area contributed by atoms with E-state index in [1.165, 1.54) is 12.1 Å². The molecular weight excluding hydrogens is 354 g/mol. The molecule has 3 rings (SSSR count). The van der Waals surface area contributed by atoms with E-state index in [2.05, 4.69) is 5.32 Å². The SMILES string of the molecule is O=C(NC1=C(Cl)C(=O)c2ccccc2C1=O)OCCCc1ccccc1. The van der Waals surface area contributed by atoms with Crippen LogP contribution in [0.4, 0.5) is 4.79 Å². The van der Waals surface area contributed by atoms with Gasteiger partial charge in [0.05, 0.1) is 6.61 Å². The Morgan fingerprint density at radius 1 is 0.923 bits per heavy atom. The highest BCUT2D eigenvalue weighted by molar-refractivity contribution is 6.50. The zero-order valence-electron chi connectivity index (χ0n) is 13.8. The van der Waals surface area contributed by atoms with Crippen molar-refractivity contribution in [3.8, 4) is 0 Å². The zero-order valence-corrected chi connectivity index (χ0v) is 14.6. The molecule has 0 saturated heterocycles. The standard InChI is InChI=1S/C20H16ClNO4/c21-16-17(19(24)15-11-5-4-10-14(15)18(16)23)22-20(25)26-12-6-9-13-7-2-1-3-8-13/h1-5,7-8,10-11H,6,9,12H2,(H,22,25). The van der Waals surface area contributed by atoms with Gasteiger partial charge in [-0.2, -0.15) is 0 Å². The number of amides is 1. The molecule has 0 radical (unpaired) electrons. The van der Waals surface area contributed by atoms with Crippen molar-refractivity contribution >= 4 is 29.3 Å². The quantitative estimate of drug-likeness (QED) is 0.812. The Hall–Kier alpha value is -2.92. The summed E-state index contributed by atoms with van der Waals surface area (Å²) in [5.74, 6) is -1.01. The number of nitrogens with one attached hydrogen (secondary N) is 1. The first kappa shape index (κ1) is 17.9. The van der Waals surface area contributed by atoms with Crippen molar-refractivity contribution in [3.63, 3.8) is 0 Å². The van der Waals surface area contributed by atoms with Crippen LogP contribution in [-0.4, -0.2) is 24.3 Å². The van der Waals surface area contributed by atoms with Gasteiger partial charge in [0.25, 0.3) is 0 Å². The number of benzene rings is 2. The van der Waals surface area contributed by atoms with Gasteiger partial charge >= 0.3 is 6.09 Å². The summed E-state index contributed by atoms with van der Waals surface area (Å²) in [6.07, 6.45) is 0.592. The van der Waals surface area contributed by atoms with Gasteiger partial charge < -0.3 is 4.74 Å². The molecule has 6 heteroatoms. The second-order valence-electron chi connectivity index (χ2n) is 5.74. The van der Waals surface area contributed by atoms with Crippen molar-refractivity contribution in [2.45, 2.75) is 12.8 Å². The maximum absolute atomic E-state index is 12.5. The Bertz CT molecular complexity index is 890. The van der Waals surface area contributed by atoms with Crippen molar-refractivity contribution in [1.82, 2.24) is 5.32 Å². The minimum Gasteiger partial charge on any atom is -0.449 e. The first-order valence-corrected chi connectivity index (χ1v) is 8.51. The molecule has 0 spiro atoms. The Morgan fingerprint density at radius 3 is 2.23 bits per heavy atom. The number of hydrogen-bond donors (Lipinski definition) is 1. The molecule has 0 saturated carbocycles. The van der Waals surface area contributed by atoms with Crippen LogP contribution in [0, 0.1) is 0 Å². The summed E-state index contributed by atoms with van der Waals surface area (Å²) in [7, 11) is 0. The van der Waals surface area contributed by atoms with E-state index < -0.39 is 17.7 Å². The third kappa shape index (κ3) is 3.83. The number of alkyl carbamates (subject to hydrolysis) is 1. The lowest BCUT2D eigenvalue weighted by atomic mass is 9.92.